The summed E-state index contributed by atoms with van der Waals surface area (Å²) in [4.78, 5) is 13.2. The van der Waals surface area contributed by atoms with E-state index in [9.17, 15) is 13.2 Å². The average molecular weight is 510 g/mol. The Balaban J connectivity index is 1.34. The van der Waals surface area contributed by atoms with Gasteiger partial charge in [0.1, 0.15) is 0 Å². The van der Waals surface area contributed by atoms with Crippen LogP contribution in [0.1, 0.15) is 30.9 Å². The van der Waals surface area contributed by atoms with Crippen LogP contribution in [0.3, 0.4) is 0 Å². The fraction of sp³-hybridized carbons (Fsp3) is 0.320. The van der Waals surface area contributed by atoms with Crippen molar-refractivity contribution < 1.29 is 13.2 Å². The van der Waals surface area contributed by atoms with Crippen molar-refractivity contribution in [2.24, 2.45) is 0 Å². The molecular weight excluding hydrogens is 482 g/mol. The van der Waals surface area contributed by atoms with Crippen molar-refractivity contribution in [1.82, 2.24) is 18.9 Å². The van der Waals surface area contributed by atoms with E-state index in [2.05, 4.69) is 41.5 Å². The fourth-order valence-electron chi connectivity index (χ4n) is 4.45. The van der Waals surface area contributed by atoms with Gasteiger partial charge >= 0.3 is 0 Å². The fourth-order valence-corrected chi connectivity index (χ4v) is 6.83. The number of carbonyl (C=O) groups excluding carboxylic acids is 1. The maximum absolute atomic E-state index is 12.9. The van der Waals surface area contributed by atoms with Gasteiger partial charge in [-0.05, 0) is 75.1 Å². The Hall–Kier alpha value is -2.95. The number of nitrogens with zero attached hydrogens (tertiary/aromatic N) is 4. The van der Waals surface area contributed by atoms with Crippen LogP contribution in [0, 0.1) is 13.8 Å². The molecule has 35 heavy (non-hydrogen) atoms. The lowest BCUT2D eigenvalue weighted by Gasteiger charge is -2.16. The first-order valence-corrected chi connectivity index (χ1v) is 13.9. The molecule has 0 radical (unpaired) electrons. The lowest BCUT2D eigenvalue weighted by atomic mass is 10.1. The minimum atomic E-state index is -3.48. The molecule has 10 heteroatoms. The lowest BCUT2D eigenvalue weighted by molar-refractivity contribution is -0.115. The van der Waals surface area contributed by atoms with Gasteiger partial charge in [0.15, 0.2) is 10.8 Å². The second kappa shape index (κ2) is 9.25. The van der Waals surface area contributed by atoms with Crippen LogP contribution in [0.25, 0.3) is 16.6 Å². The number of pyridine rings is 1. The molecule has 5 rings (SSSR count). The molecule has 1 atom stereocenters. The largest absolute Gasteiger partial charge is 0.325 e. The van der Waals surface area contributed by atoms with Crippen LogP contribution in [0.5, 0.6) is 0 Å². The standard InChI is InChI=1S/C25H27N5O3S2/c1-16-7-6-8-21-17(2)15-22-27-28-25(30(22)23(16)21)34-18(3)24(31)26-19-9-11-20(12-10-19)35(32,33)29-13-4-5-14-29/h6-12,15,18H,4-5,13-14H2,1-3H3,(H,26,31). The van der Waals surface area contributed by atoms with Crippen LogP contribution in [0.2, 0.25) is 0 Å². The number of aromatic nitrogens is 3. The number of sulfonamides is 1. The number of thioether (sulfide) groups is 1. The first-order chi connectivity index (χ1) is 16.8. The molecule has 1 N–H and O–H groups in total. The number of fused-ring (bicyclic) bond motifs is 3. The van der Waals surface area contributed by atoms with Gasteiger partial charge in [0.25, 0.3) is 0 Å². The number of amides is 1. The van der Waals surface area contributed by atoms with Gasteiger partial charge in [0.2, 0.25) is 15.9 Å². The topological polar surface area (TPSA) is 96.7 Å². The van der Waals surface area contributed by atoms with E-state index in [-0.39, 0.29) is 10.8 Å². The molecule has 3 heterocycles. The number of carbonyl (C=O) groups is 1. The van der Waals surface area contributed by atoms with Crippen molar-refractivity contribution in [3.63, 3.8) is 0 Å². The van der Waals surface area contributed by atoms with Crippen molar-refractivity contribution in [2.45, 2.75) is 48.9 Å². The van der Waals surface area contributed by atoms with Crippen LogP contribution in [-0.2, 0) is 14.8 Å². The van der Waals surface area contributed by atoms with Crippen LogP contribution in [0.15, 0.2) is 58.6 Å². The summed E-state index contributed by atoms with van der Waals surface area (Å²) in [6.45, 7) is 7.04. The smallest absolute Gasteiger partial charge is 0.243 e. The molecule has 8 nitrogen and oxygen atoms in total. The van der Waals surface area contributed by atoms with Crippen LogP contribution in [-0.4, -0.2) is 51.6 Å². The predicted molar refractivity (Wildman–Crippen MR) is 138 cm³/mol. The maximum Gasteiger partial charge on any atom is 0.243 e. The summed E-state index contributed by atoms with van der Waals surface area (Å²) >= 11 is 1.34. The summed E-state index contributed by atoms with van der Waals surface area (Å²) in [5.41, 5.74) is 4.57. The molecule has 0 bridgehead atoms. The quantitative estimate of drug-likeness (QED) is 0.387. The highest BCUT2D eigenvalue weighted by molar-refractivity contribution is 8.00. The van der Waals surface area contributed by atoms with Gasteiger partial charge < -0.3 is 5.32 Å². The number of anilines is 1. The van der Waals surface area contributed by atoms with Gasteiger partial charge in [-0.1, -0.05) is 30.0 Å². The SMILES string of the molecule is Cc1cc2nnc(SC(C)C(=O)Nc3ccc(S(=O)(=O)N4CCCC4)cc3)n2c2c(C)cccc12. The van der Waals surface area contributed by atoms with E-state index >= 15 is 0 Å². The predicted octanol–water partition coefficient (Wildman–Crippen LogP) is 4.40. The third-order valence-electron chi connectivity index (χ3n) is 6.37. The average Bonchev–Trinajstić information content (AvgIpc) is 3.51. The molecule has 1 unspecified atom stereocenters. The van der Waals surface area contributed by atoms with E-state index in [4.69, 9.17) is 0 Å². The van der Waals surface area contributed by atoms with Crippen molar-refractivity contribution in [3.05, 3.63) is 59.7 Å². The lowest BCUT2D eigenvalue weighted by Crippen LogP contribution is -2.27. The number of hydrogen-bond donors (Lipinski definition) is 1. The molecule has 182 valence electrons. The molecule has 1 aliphatic rings. The third-order valence-corrected chi connectivity index (χ3v) is 9.32. The summed E-state index contributed by atoms with van der Waals surface area (Å²) in [6.07, 6.45) is 1.78. The van der Waals surface area contributed by atoms with Gasteiger partial charge in [-0.3, -0.25) is 9.20 Å². The molecule has 4 aromatic rings. The molecule has 1 saturated heterocycles. The van der Waals surface area contributed by atoms with E-state index in [1.165, 1.54) is 16.1 Å². The summed E-state index contributed by atoms with van der Waals surface area (Å²) in [5.74, 6) is -0.199. The van der Waals surface area contributed by atoms with Crippen LogP contribution < -0.4 is 5.32 Å². The molecule has 0 saturated carbocycles. The monoisotopic (exact) mass is 509 g/mol. The van der Waals surface area contributed by atoms with Gasteiger partial charge in [0.05, 0.1) is 15.7 Å². The third kappa shape index (κ3) is 4.41. The van der Waals surface area contributed by atoms with Gasteiger partial charge in [-0.15, -0.1) is 10.2 Å². The Labute approximate surface area is 208 Å². The Bertz CT molecular complexity index is 1520. The maximum atomic E-state index is 12.9. The Morgan fingerprint density at radius 2 is 1.74 bits per heavy atom. The Morgan fingerprint density at radius 1 is 1.03 bits per heavy atom. The first kappa shape index (κ1) is 23.8. The van der Waals surface area contributed by atoms with E-state index in [1.807, 2.05) is 23.5 Å². The second-order valence-electron chi connectivity index (χ2n) is 8.86. The molecule has 0 aliphatic carbocycles. The van der Waals surface area contributed by atoms with E-state index < -0.39 is 15.3 Å². The van der Waals surface area contributed by atoms with E-state index in [0.29, 0.717) is 23.9 Å². The summed E-state index contributed by atoms with van der Waals surface area (Å²) in [6, 6.07) is 14.5. The highest BCUT2D eigenvalue weighted by Gasteiger charge is 2.27. The summed E-state index contributed by atoms with van der Waals surface area (Å²) in [5, 5.41) is 12.9. The van der Waals surface area contributed by atoms with Gasteiger partial charge in [-0.2, -0.15) is 4.31 Å². The van der Waals surface area contributed by atoms with Gasteiger partial charge in [-0.25, -0.2) is 8.42 Å². The number of benzene rings is 2. The van der Waals surface area contributed by atoms with Crippen molar-refractivity contribution in [1.29, 1.82) is 0 Å². The van der Waals surface area contributed by atoms with E-state index in [0.717, 1.165) is 40.5 Å². The molecule has 1 amide bonds. The second-order valence-corrected chi connectivity index (χ2v) is 12.1. The minimum absolute atomic E-state index is 0.199. The molecule has 2 aromatic carbocycles. The number of nitrogens with one attached hydrogen (secondary N) is 1. The van der Waals surface area contributed by atoms with E-state index in [1.54, 1.807) is 24.3 Å². The zero-order valence-corrected chi connectivity index (χ0v) is 21.5. The molecule has 2 aromatic heterocycles. The first-order valence-electron chi connectivity index (χ1n) is 11.6. The van der Waals surface area contributed by atoms with Crippen LogP contribution >= 0.6 is 11.8 Å². The number of para-hydroxylation sites is 1. The zero-order chi connectivity index (χ0) is 24.7. The van der Waals surface area contributed by atoms with Crippen molar-refractivity contribution in [3.8, 4) is 0 Å². The molecule has 1 fully saturated rings. The van der Waals surface area contributed by atoms with Crippen molar-refractivity contribution >= 4 is 49.9 Å². The minimum Gasteiger partial charge on any atom is -0.325 e. The summed E-state index contributed by atoms with van der Waals surface area (Å²) in [7, 11) is -3.48. The number of hydrogen-bond acceptors (Lipinski definition) is 6. The highest BCUT2D eigenvalue weighted by atomic mass is 32.2. The normalized spacial score (nSPS) is 15.6. The van der Waals surface area contributed by atoms with Crippen LogP contribution in [0.4, 0.5) is 5.69 Å². The molecular formula is C25H27N5O3S2. The van der Waals surface area contributed by atoms with Gasteiger partial charge in [0, 0.05) is 24.2 Å². The van der Waals surface area contributed by atoms with Crippen molar-refractivity contribution in [2.75, 3.05) is 18.4 Å². The Morgan fingerprint density at radius 3 is 2.46 bits per heavy atom. The molecule has 0 spiro atoms. The number of aryl methyl sites for hydroxylation is 2. The molecule has 1 aliphatic heterocycles. The highest BCUT2D eigenvalue weighted by Crippen LogP contribution is 2.30. The Kier molecular flexibility index (Phi) is 6.29. The number of rotatable bonds is 6. The summed E-state index contributed by atoms with van der Waals surface area (Å²) < 4.78 is 29.0. The zero-order valence-electron chi connectivity index (χ0n) is 19.9.